The van der Waals surface area contributed by atoms with Crippen LogP contribution in [-0.4, -0.2) is 43.3 Å². The standard InChI is InChI=1S/C14H23NO3/c1-3-14(18-7-1)10-11(14)16-8-9-17-12-2-4-13(15-12)5-6-13/h11-12,15H,1-10H2. The van der Waals surface area contributed by atoms with Gasteiger partial charge in [-0.2, -0.15) is 0 Å². The molecule has 2 aliphatic carbocycles. The molecule has 2 saturated heterocycles. The fourth-order valence-electron chi connectivity index (χ4n) is 3.54. The molecule has 0 radical (unpaired) electrons. The van der Waals surface area contributed by atoms with Gasteiger partial charge < -0.3 is 14.2 Å². The van der Waals surface area contributed by atoms with Gasteiger partial charge in [0.1, 0.15) is 6.23 Å². The van der Waals surface area contributed by atoms with E-state index in [1.54, 1.807) is 0 Å². The highest BCUT2D eigenvalue weighted by Gasteiger charge is 2.58. The van der Waals surface area contributed by atoms with Crippen molar-refractivity contribution in [3.8, 4) is 0 Å². The largest absolute Gasteiger partial charge is 0.373 e. The van der Waals surface area contributed by atoms with Crippen molar-refractivity contribution in [1.82, 2.24) is 5.32 Å². The van der Waals surface area contributed by atoms with Crippen molar-refractivity contribution in [3.63, 3.8) is 0 Å². The lowest BCUT2D eigenvalue weighted by atomic mass is 10.2. The van der Waals surface area contributed by atoms with Crippen LogP contribution in [-0.2, 0) is 14.2 Å². The Balaban J connectivity index is 1.12. The lowest BCUT2D eigenvalue weighted by Crippen LogP contribution is -2.33. The van der Waals surface area contributed by atoms with Crippen molar-refractivity contribution in [1.29, 1.82) is 0 Å². The van der Waals surface area contributed by atoms with Crippen LogP contribution in [0.25, 0.3) is 0 Å². The summed E-state index contributed by atoms with van der Waals surface area (Å²) in [5, 5.41) is 3.59. The van der Waals surface area contributed by atoms with E-state index in [2.05, 4.69) is 5.32 Å². The van der Waals surface area contributed by atoms with Gasteiger partial charge >= 0.3 is 0 Å². The highest BCUT2D eigenvalue weighted by molar-refractivity contribution is 5.09. The molecule has 4 fully saturated rings. The molecule has 4 nitrogen and oxygen atoms in total. The second-order valence-electron chi connectivity index (χ2n) is 6.40. The average molecular weight is 253 g/mol. The van der Waals surface area contributed by atoms with Crippen molar-refractivity contribution >= 4 is 0 Å². The molecule has 4 aliphatic rings. The van der Waals surface area contributed by atoms with Crippen molar-refractivity contribution in [2.45, 2.75) is 68.4 Å². The van der Waals surface area contributed by atoms with Gasteiger partial charge in [0, 0.05) is 18.6 Å². The van der Waals surface area contributed by atoms with Gasteiger partial charge in [-0.25, -0.2) is 0 Å². The monoisotopic (exact) mass is 253 g/mol. The van der Waals surface area contributed by atoms with Crippen molar-refractivity contribution in [2.24, 2.45) is 0 Å². The number of hydrogen-bond donors (Lipinski definition) is 1. The van der Waals surface area contributed by atoms with E-state index in [9.17, 15) is 0 Å². The molecule has 2 heterocycles. The third-order valence-electron chi connectivity index (χ3n) is 5.02. The van der Waals surface area contributed by atoms with E-state index in [0.29, 0.717) is 24.9 Å². The molecule has 1 N–H and O–H groups in total. The minimum atomic E-state index is 0.115. The van der Waals surface area contributed by atoms with Crippen LogP contribution < -0.4 is 5.32 Å². The lowest BCUT2D eigenvalue weighted by Gasteiger charge is -2.15. The van der Waals surface area contributed by atoms with Gasteiger partial charge in [0.15, 0.2) is 0 Å². The number of hydrogen-bond acceptors (Lipinski definition) is 4. The van der Waals surface area contributed by atoms with Gasteiger partial charge in [-0.3, -0.25) is 5.32 Å². The second-order valence-corrected chi connectivity index (χ2v) is 6.40. The van der Waals surface area contributed by atoms with Gasteiger partial charge in [-0.05, 0) is 38.5 Å². The third-order valence-corrected chi connectivity index (χ3v) is 5.02. The second kappa shape index (κ2) is 4.17. The molecular weight excluding hydrogens is 230 g/mol. The molecule has 0 amide bonds. The minimum absolute atomic E-state index is 0.115. The first-order chi connectivity index (χ1) is 8.80. The summed E-state index contributed by atoms with van der Waals surface area (Å²) in [7, 11) is 0. The zero-order valence-electron chi connectivity index (χ0n) is 11.0. The molecule has 0 aromatic carbocycles. The van der Waals surface area contributed by atoms with Crippen LogP contribution in [0.5, 0.6) is 0 Å². The molecule has 3 unspecified atom stereocenters. The van der Waals surface area contributed by atoms with E-state index in [-0.39, 0.29) is 11.8 Å². The topological polar surface area (TPSA) is 39.7 Å². The molecule has 2 spiro atoms. The van der Waals surface area contributed by atoms with Crippen LogP contribution in [0.3, 0.4) is 0 Å². The molecule has 0 bridgehead atoms. The zero-order valence-corrected chi connectivity index (χ0v) is 11.0. The van der Waals surface area contributed by atoms with Crippen LogP contribution in [0.4, 0.5) is 0 Å². The molecule has 102 valence electrons. The van der Waals surface area contributed by atoms with Crippen LogP contribution in [0, 0.1) is 0 Å². The van der Waals surface area contributed by atoms with E-state index in [1.807, 2.05) is 0 Å². The average Bonchev–Trinajstić information content (AvgIpc) is 3.11. The third kappa shape index (κ3) is 2.09. The van der Waals surface area contributed by atoms with Gasteiger partial charge in [-0.15, -0.1) is 0 Å². The summed E-state index contributed by atoms with van der Waals surface area (Å²) in [5.74, 6) is 0. The van der Waals surface area contributed by atoms with Crippen LogP contribution in [0.15, 0.2) is 0 Å². The Morgan fingerprint density at radius 1 is 1.11 bits per heavy atom. The number of nitrogens with one attached hydrogen (secondary N) is 1. The molecule has 2 saturated carbocycles. The molecule has 3 atom stereocenters. The van der Waals surface area contributed by atoms with E-state index in [1.165, 1.54) is 32.1 Å². The van der Waals surface area contributed by atoms with Crippen molar-refractivity contribution in [3.05, 3.63) is 0 Å². The predicted molar refractivity (Wildman–Crippen MR) is 66.3 cm³/mol. The molecule has 2 aliphatic heterocycles. The summed E-state index contributed by atoms with van der Waals surface area (Å²) in [4.78, 5) is 0. The Bertz CT molecular complexity index is 317. The van der Waals surface area contributed by atoms with E-state index >= 15 is 0 Å². The highest BCUT2D eigenvalue weighted by Crippen LogP contribution is 2.49. The Labute approximate surface area is 108 Å². The van der Waals surface area contributed by atoms with Crippen molar-refractivity contribution in [2.75, 3.05) is 19.8 Å². The van der Waals surface area contributed by atoms with Gasteiger partial charge in [0.2, 0.25) is 0 Å². The normalized spacial score (nSPS) is 44.0. The lowest BCUT2D eigenvalue weighted by molar-refractivity contribution is -0.0313. The van der Waals surface area contributed by atoms with E-state index in [0.717, 1.165) is 19.4 Å². The summed E-state index contributed by atoms with van der Waals surface area (Å²) in [5.41, 5.74) is 0.591. The maximum absolute atomic E-state index is 5.84. The number of ether oxygens (including phenoxy) is 3. The molecule has 4 rings (SSSR count). The van der Waals surface area contributed by atoms with Gasteiger partial charge in [0.05, 0.1) is 24.9 Å². The maximum Gasteiger partial charge on any atom is 0.108 e. The Morgan fingerprint density at radius 3 is 2.72 bits per heavy atom. The fraction of sp³-hybridized carbons (Fsp3) is 1.00. The minimum Gasteiger partial charge on any atom is -0.373 e. The smallest absolute Gasteiger partial charge is 0.108 e. The molecule has 0 aromatic heterocycles. The zero-order chi connectivity index (χ0) is 12.1. The van der Waals surface area contributed by atoms with Crippen LogP contribution in [0.2, 0.25) is 0 Å². The number of rotatable bonds is 5. The summed E-state index contributed by atoms with van der Waals surface area (Å²) in [6, 6.07) is 0. The molecule has 18 heavy (non-hydrogen) atoms. The summed E-state index contributed by atoms with van der Waals surface area (Å²) in [6.45, 7) is 2.34. The van der Waals surface area contributed by atoms with Gasteiger partial charge in [-0.1, -0.05) is 0 Å². The Morgan fingerprint density at radius 2 is 2.00 bits per heavy atom. The predicted octanol–water partition coefficient (Wildman–Crippen LogP) is 1.58. The summed E-state index contributed by atoms with van der Waals surface area (Å²) in [6.07, 6.45) is 9.22. The molecule has 0 aromatic rings. The Hall–Kier alpha value is -0.160. The summed E-state index contributed by atoms with van der Waals surface area (Å²) < 4.78 is 17.4. The van der Waals surface area contributed by atoms with Crippen molar-refractivity contribution < 1.29 is 14.2 Å². The SMILES string of the molecule is C1COC2(C1)CC2OCCOC1CCC2(CC2)N1. The van der Waals surface area contributed by atoms with E-state index < -0.39 is 0 Å². The molecule has 4 heteroatoms. The van der Waals surface area contributed by atoms with Crippen LogP contribution in [0.1, 0.15) is 44.9 Å². The highest BCUT2D eigenvalue weighted by atomic mass is 16.6. The maximum atomic E-state index is 5.84. The first-order valence-corrected chi connectivity index (χ1v) is 7.45. The fourth-order valence-corrected chi connectivity index (χ4v) is 3.54. The van der Waals surface area contributed by atoms with E-state index in [4.69, 9.17) is 14.2 Å². The quantitative estimate of drug-likeness (QED) is 0.755. The molecular formula is C14H23NO3. The first kappa shape index (κ1) is 11.6. The summed E-state index contributed by atoms with van der Waals surface area (Å²) >= 11 is 0. The Kier molecular flexibility index (Phi) is 2.70. The van der Waals surface area contributed by atoms with Crippen LogP contribution >= 0.6 is 0 Å². The first-order valence-electron chi connectivity index (χ1n) is 7.45. The van der Waals surface area contributed by atoms with Gasteiger partial charge in [0.25, 0.3) is 0 Å².